The standard InChI is InChI=1S/C30H26N4O4S/c1-18-6-11-22(19(2)14-18)23(17-38-4)29(35)33(3)25-16-26(39-28(25)30(36)37)21-9-7-20(8-10-21)24-15-27-31-12-5-13-34(27)32-24/h5-17H,1-4H3,(H,36,37). The molecule has 3 heterocycles. The number of fused-ring (bicyclic) bond motifs is 1. The Hall–Kier alpha value is -4.76. The largest absolute Gasteiger partial charge is 0.504 e. The molecule has 0 saturated carbocycles. The van der Waals surface area contributed by atoms with Gasteiger partial charge >= 0.3 is 5.97 Å². The van der Waals surface area contributed by atoms with Crippen molar-refractivity contribution >= 4 is 40.1 Å². The van der Waals surface area contributed by atoms with Crippen LogP contribution in [-0.4, -0.2) is 45.7 Å². The van der Waals surface area contributed by atoms with Crippen LogP contribution in [-0.2, 0) is 9.53 Å². The fourth-order valence-electron chi connectivity index (χ4n) is 4.46. The number of likely N-dealkylation sites (N-methyl/N-ethyl adjacent to an activating group) is 1. The Bertz CT molecular complexity index is 1700. The molecule has 0 saturated heterocycles. The van der Waals surface area contributed by atoms with Crippen molar-refractivity contribution in [1.82, 2.24) is 14.6 Å². The Kier molecular flexibility index (Phi) is 7.00. The smallest absolute Gasteiger partial charge is 0.348 e. The second kappa shape index (κ2) is 10.5. The topological polar surface area (TPSA) is 97.0 Å². The quantitative estimate of drug-likeness (QED) is 0.199. The normalized spacial score (nSPS) is 11.5. The van der Waals surface area contributed by atoms with Crippen molar-refractivity contribution in [2.75, 3.05) is 19.1 Å². The van der Waals surface area contributed by atoms with E-state index in [0.29, 0.717) is 11.3 Å². The van der Waals surface area contributed by atoms with Crippen LogP contribution >= 0.6 is 11.3 Å². The summed E-state index contributed by atoms with van der Waals surface area (Å²) in [6.07, 6.45) is 4.96. The zero-order chi connectivity index (χ0) is 27.7. The van der Waals surface area contributed by atoms with Gasteiger partial charge < -0.3 is 14.7 Å². The number of anilines is 1. The number of carbonyl (C=O) groups excluding carboxylic acids is 1. The number of rotatable bonds is 7. The van der Waals surface area contributed by atoms with Gasteiger partial charge in [0.2, 0.25) is 0 Å². The van der Waals surface area contributed by atoms with E-state index >= 15 is 0 Å². The third kappa shape index (κ3) is 5.04. The van der Waals surface area contributed by atoms with Crippen LogP contribution < -0.4 is 4.90 Å². The van der Waals surface area contributed by atoms with Gasteiger partial charge in [0.05, 0.1) is 30.3 Å². The van der Waals surface area contributed by atoms with Gasteiger partial charge in [0, 0.05) is 35.9 Å². The third-order valence-corrected chi connectivity index (χ3v) is 7.57. The molecule has 1 N–H and O–H groups in total. The fourth-order valence-corrected chi connectivity index (χ4v) is 5.49. The van der Waals surface area contributed by atoms with Crippen LogP contribution in [0.15, 0.2) is 79.3 Å². The van der Waals surface area contributed by atoms with Crippen LogP contribution in [0.5, 0.6) is 0 Å². The van der Waals surface area contributed by atoms with Crippen molar-refractivity contribution < 1.29 is 19.4 Å². The summed E-state index contributed by atoms with van der Waals surface area (Å²) < 4.78 is 6.95. The molecule has 1 amide bonds. The first-order chi connectivity index (χ1) is 18.8. The lowest BCUT2D eigenvalue weighted by atomic mass is 9.98. The maximum absolute atomic E-state index is 13.6. The third-order valence-electron chi connectivity index (χ3n) is 6.41. The molecule has 39 heavy (non-hydrogen) atoms. The second-order valence-corrected chi connectivity index (χ2v) is 10.2. The van der Waals surface area contributed by atoms with Crippen molar-refractivity contribution in [1.29, 1.82) is 0 Å². The molecule has 5 rings (SSSR count). The Labute approximate surface area is 229 Å². The van der Waals surface area contributed by atoms with E-state index in [4.69, 9.17) is 4.74 Å². The van der Waals surface area contributed by atoms with E-state index in [2.05, 4.69) is 10.1 Å². The number of hydrogen-bond acceptors (Lipinski definition) is 6. The van der Waals surface area contributed by atoms with E-state index in [1.54, 1.807) is 23.8 Å². The van der Waals surface area contributed by atoms with Crippen LogP contribution in [0, 0.1) is 13.8 Å². The molecular weight excluding hydrogens is 512 g/mol. The summed E-state index contributed by atoms with van der Waals surface area (Å²) in [5, 5.41) is 14.5. The van der Waals surface area contributed by atoms with Crippen molar-refractivity contribution in [3.8, 4) is 21.7 Å². The predicted octanol–water partition coefficient (Wildman–Crippen LogP) is 6.09. The Balaban J connectivity index is 1.47. The summed E-state index contributed by atoms with van der Waals surface area (Å²) in [6.45, 7) is 3.91. The molecule has 0 aliphatic heterocycles. The number of ether oxygens (including phenoxy) is 1. The number of aromatic carboxylic acids is 1. The summed E-state index contributed by atoms with van der Waals surface area (Å²) in [6, 6.07) is 19.0. The number of methoxy groups -OCH3 is 1. The van der Waals surface area contributed by atoms with Gasteiger partial charge in [0.1, 0.15) is 4.88 Å². The molecular formula is C30H26N4O4S. The number of carboxylic acids is 1. The van der Waals surface area contributed by atoms with Crippen LogP contribution in [0.1, 0.15) is 26.4 Å². The molecule has 0 fully saturated rings. The number of nitrogens with zero attached hydrogens (tertiary/aromatic N) is 4. The second-order valence-electron chi connectivity index (χ2n) is 9.11. The van der Waals surface area contributed by atoms with Crippen molar-refractivity contribution in [3.63, 3.8) is 0 Å². The molecule has 0 radical (unpaired) electrons. The summed E-state index contributed by atoms with van der Waals surface area (Å²) in [5.41, 5.74) is 6.66. The van der Waals surface area contributed by atoms with E-state index < -0.39 is 5.97 Å². The van der Waals surface area contributed by atoms with Gasteiger partial charge in [0.15, 0.2) is 5.65 Å². The lowest BCUT2D eigenvalue weighted by Crippen LogP contribution is -2.28. The van der Waals surface area contributed by atoms with Gasteiger partial charge in [-0.1, -0.05) is 48.0 Å². The number of benzene rings is 2. The Morgan fingerprint density at radius 3 is 2.46 bits per heavy atom. The molecule has 196 valence electrons. The van der Waals surface area contributed by atoms with E-state index in [0.717, 1.165) is 55.4 Å². The molecule has 0 atom stereocenters. The molecule has 8 nitrogen and oxygen atoms in total. The monoisotopic (exact) mass is 538 g/mol. The van der Waals surface area contributed by atoms with Gasteiger partial charge in [0.25, 0.3) is 5.91 Å². The zero-order valence-electron chi connectivity index (χ0n) is 21.9. The van der Waals surface area contributed by atoms with Crippen molar-refractivity contribution in [3.05, 3.63) is 101 Å². The minimum atomic E-state index is -1.10. The molecule has 9 heteroatoms. The minimum Gasteiger partial charge on any atom is -0.504 e. The number of thiophene rings is 1. The molecule has 2 aromatic carbocycles. The van der Waals surface area contributed by atoms with Gasteiger partial charge in [-0.3, -0.25) is 4.79 Å². The van der Waals surface area contributed by atoms with E-state index in [1.807, 2.05) is 74.6 Å². The first-order valence-electron chi connectivity index (χ1n) is 12.1. The SMILES string of the molecule is COC=C(C(=O)N(C)c1cc(-c2ccc(-c3cc4ncccn4n3)cc2)sc1C(=O)O)c1ccc(C)cc1C. The maximum Gasteiger partial charge on any atom is 0.348 e. The lowest BCUT2D eigenvalue weighted by molar-refractivity contribution is -0.113. The first kappa shape index (κ1) is 25.9. The fraction of sp³-hybridized carbons (Fsp3) is 0.133. The maximum atomic E-state index is 13.6. The molecule has 3 aromatic heterocycles. The summed E-state index contributed by atoms with van der Waals surface area (Å²) >= 11 is 1.12. The highest BCUT2D eigenvalue weighted by molar-refractivity contribution is 7.18. The average Bonchev–Trinajstić information content (AvgIpc) is 3.57. The molecule has 0 aliphatic carbocycles. The van der Waals surface area contributed by atoms with Crippen molar-refractivity contribution in [2.24, 2.45) is 0 Å². The van der Waals surface area contributed by atoms with Crippen LogP contribution in [0.3, 0.4) is 0 Å². The first-order valence-corrected chi connectivity index (χ1v) is 13.0. The van der Waals surface area contributed by atoms with E-state index in [-0.39, 0.29) is 10.8 Å². The van der Waals surface area contributed by atoms with E-state index in [1.165, 1.54) is 18.3 Å². The molecule has 0 unspecified atom stereocenters. The summed E-state index contributed by atoms with van der Waals surface area (Å²) in [4.78, 5) is 32.3. The Morgan fingerprint density at radius 1 is 1.05 bits per heavy atom. The molecule has 5 aromatic rings. The lowest BCUT2D eigenvalue weighted by Gasteiger charge is -2.20. The molecule has 0 spiro atoms. The molecule has 0 aliphatic rings. The number of amides is 1. The average molecular weight is 539 g/mol. The van der Waals surface area contributed by atoms with Crippen LogP contribution in [0.25, 0.3) is 32.9 Å². The number of aromatic nitrogens is 3. The number of hydrogen-bond donors (Lipinski definition) is 1. The Morgan fingerprint density at radius 2 is 1.79 bits per heavy atom. The number of aryl methyl sites for hydroxylation is 2. The number of carboxylic acid groups (broad SMARTS) is 1. The van der Waals surface area contributed by atoms with Gasteiger partial charge in [-0.15, -0.1) is 11.3 Å². The zero-order valence-corrected chi connectivity index (χ0v) is 22.7. The highest BCUT2D eigenvalue weighted by Crippen LogP contribution is 2.38. The summed E-state index contributed by atoms with van der Waals surface area (Å²) in [7, 11) is 3.06. The molecule has 0 bridgehead atoms. The summed E-state index contributed by atoms with van der Waals surface area (Å²) in [5.74, 6) is -1.47. The number of carbonyl (C=O) groups is 2. The van der Waals surface area contributed by atoms with Gasteiger partial charge in [-0.2, -0.15) is 5.10 Å². The highest BCUT2D eigenvalue weighted by atomic mass is 32.1. The predicted molar refractivity (Wildman–Crippen MR) is 153 cm³/mol. The van der Waals surface area contributed by atoms with Crippen LogP contribution in [0.4, 0.5) is 5.69 Å². The highest BCUT2D eigenvalue weighted by Gasteiger charge is 2.26. The van der Waals surface area contributed by atoms with Gasteiger partial charge in [-0.05, 0) is 42.7 Å². The van der Waals surface area contributed by atoms with Gasteiger partial charge in [-0.25, -0.2) is 14.3 Å². The van der Waals surface area contributed by atoms with E-state index in [9.17, 15) is 14.7 Å². The van der Waals surface area contributed by atoms with Crippen LogP contribution in [0.2, 0.25) is 0 Å². The van der Waals surface area contributed by atoms with Crippen molar-refractivity contribution in [2.45, 2.75) is 13.8 Å². The minimum absolute atomic E-state index is 0.0775.